The van der Waals surface area contributed by atoms with E-state index in [4.69, 9.17) is 16.7 Å². The lowest BCUT2D eigenvalue weighted by Crippen LogP contribution is -1.99. The fourth-order valence-electron chi connectivity index (χ4n) is 1.30. The average molecular weight is 287 g/mol. The summed E-state index contributed by atoms with van der Waals surface area (Å²) in [7, 11) is 0. The molecule has 0 saturated heterocycles. The molecular weight excluding hydrogens is 281 g/mol. The molecule has 0 saturated carbocycles. The molecule has 3 nitrogen and oxygen atoms in total. The third-order valence-electron chi connectivity index (χ3n) is 2.01. The number of para-hydroxylation sites is 1. The third kappa shape index (κ3) is 1.70. The van der Waals surface area contributed by atoms with Crippen LogP contribution in [0.2, 0.25) is 5.02 Å². The number of nitrogens with zero attached hydrogens (tertiary/aromatic N) is 1. The number of pyridine rings is 1. The maximum absolute atomic E-state index is 10.8. The Labute approximate surface area is 98.8 Å². The van der Waals surface area contributed by atoms with Crippen LogP contribution in [0.3, 0.4) is 0 Å². The molecule has 0 spiro atoms. The number of halogens is 2. The van der Waals surface area contributed by atoms with E-state index in [1.807, 2.05) is 6.07 Å². The van der Waals surface area contributed by atoms with Gasteiger partial charge < -0.3 is 5.11 Å². The second-order valence-corrected chi connectivity index (χ2v) is 4.16. The molecule has 76 valence electrons. The molecule has 0 atom stereocenters. The van der Waals surface area contributed by atoms with Gasteiger partial charge in [-0.3, -0.25) is 4.98 Å². The van der Waals surface area contributed by atoms with Gasteiger partial charge in [-0.05, 0) is 22.0 Å². The predicted octanol–water partition coefficient (Wildman–Crippen LogP) is 3.35. The van der Waals surface area contributed by atoms with Crippen LogP contribution in [0.15, 0.2) is 28.9 Å². The summed E-state index contributed by atoms with van der Waals surface area (Å²) in [5.41, 5.74) is 0.676. The standard InChI is InChI=1S/C10H5BrClNO2/c11-7-3-1-2-5-8(12)6(10(14)15)4-13-9(5)7/h1-4H,(H,14,15). The zero-order chi connectivity index (χ0) is 11.0. The monoisotopic (exact) mass is 285 g/mol. The van der Waals surface area contributed by atoms with Gasteiger partial charge in [-0.1, -0.05) is 23.7 Å². The van der Waals surface area contributed by atoms with Gasteiger partial charge >= 0.3 is 5.97 Å². The Morgan fingerprint density at radius 2 is 2.20 bits per heavy atom. The number of carbonyl (C=O) groups is 1. The summed E-state index contributed by atoms with van der Waals surface area (Å²) in [5.74, 6) is -1.07. The topological polar surface area (TPSA) is 50.2 Å². The number of hydrogen-bond acceptors (Lipinski definition) is 2. The summed E-state index contributed by atoms with van der Waals surface area (Å²) < 4.78 is 0.791. The molecule has 0 aliphatic heterocycles. The van der Waals surface area contributed by atoms with Crippen molar-refractivity contribution in [3.63, 3.8) is 0 Å². The summed E-state index contributed by atoms with van der Waals surface area (Å²) in [4.78, 5) is 14.9. The summed E-state index contributed by atoms with van der Waals surface area (Å²) in [6, 6.07) is 5.35. The van der Waals surface area contributed by atoms with Gasteiger partial charge in [0.25, 0.3) is 0 Å². The molecule has 1 N–H and O–H groups in total. The molecule has 0 fully saturated rings. The maximum Gasteiger partial charge on any atom is 0.338 e. The second kappa shape index (κ2) is 3.79. The Morgan fingerprint density at radius 1 is 1.47 bits per heavy atom. The molecule has 0 amide bonds. The van der Waals surface area contributed by atoms with Crippen LogP contribution in [0.1, 0.15) is 10.4 Å². The van der Waals surface area contributed by atoms with Crippen molar-refractivity contribution in [2.75, 3.05) is 0 Å². The van der Waals surface area contributed by atoms with Crippen molar-refractivity contribution < 1.29 is 9.90 Å². The predicted molar refractivity (Wildman–Crippen MR) is 61.4 cm³/mol. The quantitative estimate of drug-likeness (QED) is 0.874. The van der Waals surface area contributed by atoms with E-state index >= 15 is 0 Å². The number of hydrogen-bond donors (Lipinski definition) is 1. The minimum Gasteiger partial charge on any atom is -0.478 e. The Morgan fingerprint density at radius 3 is 2.87 bits per heavy atom. The van der Waals surface area contributed by atoms with Gasteiger partial charge in [0, 0.05) is 16.1 Å². The molecule has 2 aromatic rings. The van der Waals surface area contributed by atoms with Crippen LogP contribution < -0.4 is 0 Å². The van der Waals surface area contributed by atoms with E-state index in [9.17, 15) is 4.79 Å². The van der Waals surface area contributed by atoms with E-state index in [0.29, 0.717) is 10.9 Å². The molecule has 0 aliphatic rings. The Bertz CT molecular complexity index is 556. The molecule has 2 rings (SSSR count). The van der Waals surface area contributed by atoms with Crippen molar-refractivity contribution in [2.45, 2.75) is 0 Å². The first-order valence-electron chi connectivity index (χ1n) is 4.07. The average Bonchev–Trinajstić information content (AvgIpc) is 2.19. The van der Waals surface area contributed by atoms with Crippen LogP contribution in [0, 0.1) is 0 Å². The van der Waals surface area contributed by atoms with Crippen molar-refractivity contribution in [3.05, 3.63) is 39.5 Å². The molecule has 1 aromatic heterocycles. The highest BCUT2D eigenvalue weighted by Crippen LogP contribution is 2.29. The molecule has 0 unspecified atom stereocenters. The number of carboxylic acid groups (broad SMARTS) is 1. The normalized spacial score (nSPS) is 10.5. The maximum atomic E-state index is 10.8. The molecule has 15 heavy (non-hydrogen) atoms. The van der Waals surface area contributed by atoms with Crippen LogP contribution in [-0.4, -0.2) is 16.1 Å². The van der Waals surface area contributed by atoms with Gasteiger partial charge in [-0.15, -0.1) is 0 Å². The van der Waals surface area contributed by atoms with Gasteiger partial charge in [0.15, 0.2) is 0 Å². The highest BCUT2D eigenvalue weighted by molar-refractivity contribution is 9.10. The molecule has 0 radical (unpaired) electrons. The minimum atomic E-state index is -1.07. The lowest BCUT2D eigenvalue weighted by Gasteiger charge is -2.04. The molecule has 0 bridgehead atoms. The highest BCUT2D eigenvalue weighted by atomic mass is 79.9. The van der Waals surface area contributed by atoms with Gasteiger partial charge in [-0.25, -0.2) is 4.79 Å². The van der Waals surface area contributed by atoms with Crippen molar-refractivity contribution >= 4 is 44.4 Å². The zero-order valence-electron chi connectivity index (χ0n) is 7.37. The molecular formula is C10H5BrClNO2. The fraction of sp³-hybridized carbons (Fsp3) is 0. The summed E-state index contributed by atoms with van der Waals surface area (Å²) in [6.45, 7) is 0. The van der Waals surface area contributed by atoms with Crippen molar-refractivity contribution in [3.8, 4) is 0 Å². The van der Waals surface area contributed by atoms with Crippen LogP contribution in [0.4, 0.5) is 0 Å². The summed E-state index contributed by atoms with van der Waals surface area (Å²) in [5, 5.41) is 9.71. The summed E-state index contributed by atoms with van der Waals surface area (Å²) >= 11 is 9.29. The summed E-state index contributed by atoms with van der Waals surface area (Å²) in [6.07, 6.45) is 1.26. The fourth-order valence-corrected chi connectivity index (χ4v) is 2.05. The molecule has 5 heteroatoms. The van der Waals surface area contributed by atoms with E-state index in [1.54, 1.807) is 12.1 Å². The number of aromatic carboxylic acids is 1. The van der Waals surface area contributed by atoms with Crippen LogP contribution >= 0.6 is 27.5 Å². The number of rotatable bonds is 1. The third-order valence-corrected chi connectivity index (χ3v) is 3.06. The smallest absolute Gasteiger partial charge is 0.338 e. The highest BCUT2D eigenvalue weighted by Gasteiger charge is 2.13. The first-order chi connectivity index (χ1) is 7.11. The van der Waals surface area contributed by atoms with Gasteiger partial charge in [0.2, 0.25) is 0 Å². The van der Waals surface area contributed by atoms with Gasteiger partial charge in [0.05, 0.1) is 16.1 Å². The Kier molecular flexibility index (Phi) is 2.63. The number of benzene rings is 1. The number of aromatic nitrogens is 1. The molecule has 1 aromatic carbocycles. The van der Waals surface area contributed by atoms with E-state index in [-0.39, 0.29) is 10.6 Å². The van der Waals surface area contributed by atoms with Crippen molar-refractivity contribution in [1.29, 1.82) is 0 Å². The second-order valence-electron chi connectivity index (χ2n) is 2.93. The first-order valence-corrected chi connectivity index (χ1v) is 5.24. The lowest BCUT2D eigenvalue weighted by atomic mass is 10.1. The van der Waals surface area contributed by atoms with Crippen LogP contribution in [-0.2, 0) is 0 Å². The van der Waals surface area contributed by atoms with E-state index in [0.717, 1.165) is 4.47 Å². The zero-order valence-corrected chi connectivity index (χ0v) is 9.71. The molecule has 1 heterocycles. The van der Waals surface area contributed by atoms with Crippen LogP contribution in [0.5, 0.6) is 0 Å². The van der Waals surface area contributed by atoms with Crippen LogP contribution in [0.25, 0.3) is 10.9 Å². The Hall–Kier alpha value is -1.13. The van der Waals surface area contributed by atoms with E-state index < -0.39 is 5.97 Å². The number of fused-ring (bicyclic) bond motifs is 1. The SMILES string of the molecule is O=C(O)c1cnc2c(Br)cccc2c1Cl. The molecule has 0 aliphatic carbocycles. The van der Waals surface area contributed by atoms with Crippen molar-refractivity contribution in [2.24, 2.45) is 0 Å². The minimum absolute atomic E-state index is 0.0160. The van der Waals surface area contributed by atoms with Gasteiger partial charge in [-0.2, -0.15) is 0 Å². The van der Waals surface area contributed by atoms with E-state index in [1.165, 1.54) is 6.20 Å². The van der Waals surface area contributed by atoms with Gasteiger partial charge in [0.1, 0.15) is 0 Å². The Balaban J connectivity index is 2.86. The lowest BCUT2D eigenvalue weighted by molar-refractivity contribution is 0.0697. The van der Waals surface area contributed by atoms with Crippen molar-refractivity contribution in [1.82, 2.24) is 4.98 Å². The number of carboxylic acids is 1. The largest absolute Gasteiger partial charge is 0.478 e. The first kappa shape index (κ1) is 10.4. The van der Waals surface area contributed by atoms with E-state index in [2.05, 4.69) is 20.9 Å².